The molecule has 0 aromatic heterocycles. The zero-order valence-electron chi connectivity index (χ0n) is 14.4. The normalized spacial score (nSPS) is 10.9. The molecule has 0 unspecified atom stereocenters. The molecule has 0 saturated heterocycles. The largest absolute Gasteiger partial charge is 0.352 e. The number of hydrogen-bond acceptors (Lipinski definition) is 1. The fourth-order valence-electron chi connectivity index (χ4n) is 2.46. The fourth-order valence-corrected chi connectivity index (χ4v) is 2.46. The van der Waals surface area contributed by atoms with Crippen LogP contribution in [0.4, 0.5) is 8.78 Å². The van der Waals surface area contributed by atoms with Crippen LogP contribution in [0, 0.1) is 25.5 Å². The van der Waals surface area contributed by atoms with E-state index in [1.165, 1.54) is 19.1 Å². The van der Waals surface area contributed by atoms with Gasteiger partial charge in [0.15, 0.2) is 0 Å². The molecule has 0 bridgehead atoms. The van der Waals surface area contributed by atoms with Crippen molar-refractivity contribution < 1.29 is 15.0 Å². The summed E-state index contributed by atoms with van der Waals surface area (Å²) in [4.78, 5) is 12.3. The second-order valence-corrected chi connectivity index (χ2v) is 5.82. The summed E-state index contributed by atoms with van der Waals surface area (Å²) in [6.45, 7) is 7.26. The molecule has 1 amide bonds. The van der Waals surface area contributed by atoms with Gasteiger partial charge in [-0.2, -0.15) is 0 Å². The first-order valence-electron chi connectivity index (χ1n) is 8.05. The molecule has 2 aromatic rings. The molecule has 132 valence electrons. The number of carbonyl (C=O) groups excluding carboxylic acids is 1. The maximum Gasteiger partial charge on any atom is 0.251 e. The van der Waals surface area contributed by atoms with Crippen molar-refractivity contribution in [2.45, 2.75) is 20.3 Å². The molecule has 0 spiro atoms. The molecule has 2 aromatic carbocycles. The average Bonchev–Trinajstić information content (AvgIpc) is 2.61. The van der Waals surface area contributed by atoms with E-state index in [4.69, 9.17) is 0 Å². The number of allylic oxidation sites excluding steroid dienone is 2. The van der Waals surface area contributed by atoms with Crippen molar-refractivity contribution in [3.05, 3.63) is 88.5 Å². The highest BCUT2D eigenvalue weighted by atomic mass is 19.1. The van der Waals surface area contributed by atoms with Gasteiger partial charge in [0, 0.05) is 19.1 Å². The van der Waals surface area contributed by atoms with Gasteiger partial charge < -0.3 is 5.32 Å². The predicted molar refractivity (Wildman–Crippen MR) is 99.7 cm³/mol. The first kappa shape index (κ1) is 18.6. The smallest absolute Gasteiger partial charge is 0.251 e. The number of benzene rings is 2. The van der Waals surface area contributed by atoms with Crippen LogP contribution >= 0.6 is 0 Å². The van der Waals surface area contributed by atoms with Crippen LogP contribution in [0.3, 0.4) is 0 Å². The molecule has 1 N–H and O–H groups in total. The van der Waals surface area contributed by atoms with E-state index in [-0.39, 0.29) is 19.4 Å². The summed E-state index contributed by atoms with van der Waals surface area (Å²) in [7, 11) is 0. The zero-order valence-corrected chi connectivity index (χ0v) is 14.4. The summed E-state index contributed by atoms with van der Waals surface area (Å²) in [5, 5.41) is 2.77. The monoisotopic (exact) mass is 343 g/mol. The summed E-state index contributed by atoms with van der Waals surface area (Å²) in [6.07, 6.45) is 5.67. The maximum absolute atomic E-state index is 14.0. The van der Waals surface area contributed by atoms with E-state index < -0.39 is 11.6 Å². The van der Waals surface area contributed by atoms with E-state index >= 15 is 0 Å². The van der Waals surface area contributed by atoms with Gasteiger partial charge in [-0.25, -0.2) is 8.78 Å². The van der Waals surface area contributed by atoms with Gasteiger partial charge in [0.25, 0.3) is 5.91 Å². The number of hydrogen-bond donors (Lipinski definition) is 1. The number of rotatable bonds is 6. The van der Waals surface area contributed by atoms with Gasteiger partial charge in [0.1, 0.15) is 11.6 Å². The molecule has 2 nitrogen and oxygen atoms in total. The summed E-state index contributed by atoms with van der Waals surface area (Å²) < 4.78 is 27.2. The van der Waals surface area contributed by atoms with E-state index in [0.717, 1.165) is 11.1 Å². The Balaban J connectivity index is 0.00000338. The van der Waals surface area contributed by atoms with Crippen LogP contribution < -0.4 is 5.32 Å². The highest BCUT2D eigenvalue weighted by molar-refractivity contribution is 5.94. The van der Waals surface area contributed by atoms with Crippen molar-refractivity contribution in [3.8, 4) is 0 Å². The minimum absolute atomic E-state index is 0. The molecule has 0 saturated carbocycles. The summed E-state index contributed by atoms with van der Waals surface area (Å²) in [5.74, 6) is -1.35. The van der Waals surface area contributed by atoms with Crippen LogP contribution in [-0.4, -0.2) is 12.5 Å². The molecular weight excluding hydrogens is 320 g/mol. The number of carbonyl (C=O) groups is 1. The van der Waals surface area contributed by atoms with Crippen LogP contribution in [-0.2, 0) is 6.42 Å². The van der Waals surface area contributed by atoms with Crippen molar-refractivity contribution in [1.82, 2.24) is 5.32 Å². The van der Waals surface area contributed by atoms with E-state index in [1.807, 2.05) is 25.1 Å². The van der Waals surface area contributed by atoms with Crippen LogP contribution in [0.2, 0.25) is 0 Å². The minimum atomic E-state index is -0.565. The molecule has 25 heavy (non-hydrogen) atoms. The van der Waals surface area contributed by atoms with Gasteiger partial charge in [0.05, 0.1) is 0 Å². The van der Waals surface area contributed by atoms with E-state index in [0.29, 0.717) is 17.5 Å². The molecule has 2 rings (SSSR count). The Labute approximate surface area is 148 Å². The van der Waals surface area contributed by atoms with Crippen molar-refractivity contribution in [2.75, 3.05) is 6.54 Å². The molecule has 0 aliphatic rings. The molecule has 0 fully saturated rings. The SMILES string of the molecule is C=C/C=C\c1cc(C(=O)NCCc2ccc(F)c(C)c2F)ccc1C.[HH]. The lowest BCUT2D eigenvalue weighted by atomic mass is 10.0. The van der Waals surface area contributed by atoms with Crippen molar-refractivity contribution >= 4 is 12.0 Å². The van der Waals surface area contributed by atoms with E-state index in [1.54, 1.807) is 18.2 Å². The van der Waals surface area contributed by atoms with Crippen molar-refractivity contribution in [1.29, 1.82) is 0 Å². The number of halogens is 2. The van der Waals surface area contributed by atoms with Crippen LogP contribution in [0.15, 0.2) is 49.1 Å². The van der Waals surface area contributed by atoms with Gasteiger partial charge in [-0.15, -0.1) is 0 Å². The van der Waals surface area contributed by atoms with E-state index in [9.17, 15) is 13.6 Å². The maximum atomic E-state index is 14.0. The van der Waals surface area contributed by atoms with Gasteiger partial charge in [-0.1, -0.05) is 36.9 Å². The second kappa shape index (κ2) is 8.38. The Morgan fingerprint density at radius 2 is 2.00 bits per heavy atom. The quantitative estimate of drug-likeness (QED) is 0.735. The minimum Gasteiger partial charge on any atom is -0.352 e. The van der Waals surface area contributed by atoms with Crippen LogP contribution in [0.1, 0.15) is 34.0 Å². The Bertz CT molecular complexity index is 831. The lowest BCUT2D eigenvalue weighted by Crippen LogP contribution is -2.26. The van der Waals surface area contributed by atoms with Gasteiger partial charge in [-0.05, 0) is 55.2 Å². The Hall–Kier alpha value is -2.75. The fraction of sp³-hybridized carbons (Fsp3) is 0.190. The lowest BCUT2D eigenvalue weighted by Gasteiger charge is -2.09. The van der Waals surface area contributed by atoms with Gasteiger partial charge in [-0.3, -0.25) is 4.79 Å². The third-order valence-electron chi connectivity index (χ3n) is 4.03. The number of nitrogens with one attached hydrogen (secondary N) is 1. The van der Waals surface area contributed by atoms with Crippen LogP contribution in [0.5, 0.6) is 0 Å². The molecule has 0 atom stereocenters. The number of amides is 1. The highest BCUT2D eigenvalue weighted by Gasteiger charge is 2.11. The summed E-state index contributed by atoms with van der Waals surface area (Å²) in [5.41, 5.74) is 2.91. The van der Waals surface area contributed by atoms with E-state index in [2.05, 4.69) is 11.9 Å². The van der Waals surface area contributed by atoms with Crippen LogP contribution in [0.25, 0.3) is 6.08 Å². The standard InChI is InChI=1S/C21H21F2NO.H2/c1-4-5-6-17-13-18(8-7-14(17)2)21(25)24-12-11-16-9-10-19(22)15(3)20(16)23;/h4-10,13H,1,11-12H2,2-3H3,(H,24,25);1H/b6-5-;. The highest BCUT2D eigenvalue weighted by Crippen LogP contribution is 2.16. The molecule has 0 radical (unpaired) electrons. The second-order valence-electron chi connectivity index (χ2n) is 5.82. The third-order valence-corrected chi connectivity index (χ3v) is 4.03. The average molecular weight is 343 g/mol. The van der Waals surface area contributed by atoms with Gasteiger partial charge >= 0.3 is 0 Å². The molecule has 4 heteroatoms. The molecular formula is C21H23F2NO. The molecule has 0 aliphatic carbocycles. The number of aryl methyl sites for hydroxylation is 1. The molecule has 0 aliphatic heterocycles. The lowest BCUT2D eigenvalue weighted by molar-refractivity contribution is 0.0954. The van der Waals surface area contributed by atoms with Crippen molar-refractivity contribution in [2.24, 2.45) is 0 Å². The summed E-state index contributed by atoms with van der Waals surface area (Å²) in [6, 6.07) is 8.08. The topological polar surface area (TPSA) is 29.1 Å². The van der Waals surface area contributed by atoms with Crippen molar-refractivity contribution in [3.63, 3.8) is 0 Å². The first-order valence-corrected chi connectivity index (χ1v) is 8.05. The Morgan fingerprint density at radius 1 is 1.24 bits per heavy atom. The predicted octanol–water partition coefficient (Wildman–Crippen LogP) is 5.00. The molecule has 0 heterocycles. The van der Waals surface area contributed by atoms with Gasteiger partial charge in [0.2, 0.25) is 0 Å². The Kier molecular flexibility index (Phi) is 6.23. The summed E-state index contributed by atoms with van der Waals surface area (Å²) >= 11 is 0. The Morgan fingerprint density at radius 3 is 2.72 bits per heavy atom. The third kappa shape index (κ3) is 4.63. The first-order chi connectivity index (χ1) is 11.9. The zero-order chi connectivity index (χ0) is 18.4.